The van der Waals surface area contributed by atoms with Gasteiger partial charge in [0, 0.05) is 36.7 Å². The summed E-state index contributed by atoms with van der Waals surface area (Å²) in [6.07, 6.45) is 0. The maximum atomic E-state index is 14.0. The zero-order valence-electron chi connectivity index (χ0n) is 16.3. The van der Waals surface area contributed by atoms with E-state index in [4.69, 9.17) is 0 Å². The molecule has 1 aliphatic rings. The molecule has 1 atom stereocenters. The Kier molecular flexibility index (Phi) is 6.25. The van der Waals surface area contributed by atoms with Crippen LogP contribution in [0.2, 0.25) is 0 Å². The van der Waals surface area contributed by atoms with Crippen LogP contribution in [0.15, 0.2) is 77.3 Å². The predicted octanol–water partition coefficient (Wildman–Crippen LogP) is 5.27. The SMILES string of the molecule is O=C(c1ccc(F)cc1F)N1CCN([C@@H](c2ccccc2)c2ccc(Br)cc2)CC1. The molecule has 3 aromatic carbocycles. The number of hydrogen-bond donors (Lipinski definition) is 0. The zero-order chi connectivity index (χ0) is 21.1. The molecule has 0 radical (unpaired) electrons. The van der Waals surface area contributed by atoms with Gasteiger partial charge in [-0.15, -0.1) is 0 Å². The number of benzene rings is 3. The van der Waals surface area contributed by atoms with Gasteiger partial charge in [0.15, 0.2) is 0 Å². The van der Waals surface area contributed by atoms with Crippen molar-refractivity contribution in [3.63, 3.8) is 0 Å². The number of amides is 1. The first-order chi connectivity index (χ1) is 14.5. The minimum atomic E-state index is -0.820. The van der Waals surface area contributed by atoms with Gasteiger partial charge in [-0.05, 0) is 35.4 Å². The van der Waals surface area contributed by atoms with E-state index in [1.165, 1.54) is 17.2 Å². The van der Waals surface area contributed by atoms with Gasteiger partial charge in [-0.1, -0.05) is 58.4 Å². The fourth-order valence-electron chi connectivity index (χ4n) is 3.91. The molecule has 0 N–H and O–H groups in total. The van der Waals surface area contributed by atoms with Gasteiger partial charge in [0.05, 0.1) is 11.6 Å². The molecule has 0 saturated carbocycles. The van der Waals surface area contributed by atoms with Gasteiger partial charge >= 0.3 is 0 Å². The van der Waals surface area contributed by atoms with Crippen LogP contribution < -0.4 is 0 Å². The van der Waals surface area contributed by atoms with Gasteiger partial charge < -0.3 is 4.90 Å². The summed E-state index contributed by atoms with van der Waals surface area (Å²) in [4.78, 5) is 16.7. The molecule has 1 heterocycles. The lowest BCUT2D eigenvalue weighted by molar-refractivity contribution is 0.0593. The second-order valence-electron chi connectivity index (χ2n) is 7.32. The van der Waals surface area contributed by atoms with Crippen molar-refractivity contribution in [2.75, 3.05) is 26.2 Å². The van der Waals surface area contributed by atoms with E-state index < -0.39 is 17.5 Å². The van der Waals surface area contributed by atoms with Crippen LogP contribution in [0.25, 0.3) is 0 Å². The summed E-state index contributed by atoms with van der Waals surface area (Å²) in [5.41, 5.74) is 2.27. The molecule has 0 aromatic heterocycles. The third kappa shape index (κ3) is 4.45. The van der Waals surface area contributed by atoms with Gasteiger partial charge in [0.1, 0.15) is 11.6 Å². The summed E-state index contributed by atoms with van der Waals surface area (Å²) in [5, 5.41) is 0. The lowest BCUT2D eigenvalue weighted by Crippen LogP contribution is -2.50. The fourth-order valence-corrected chi connectivity index (χ4v) is 4.18. The largest absolute Gasteiger partial charge is 0.336 e. The van der Waals surface area contributed by atoms with E-state index in [0.29, 0.717) is 26.2 Å². The number of halogens is 3. The van der Waals surface area contributed by atoms with Crippen molar-refractivity contribution in [2.45, 2.75) is 6.04 Å². The van der Waals surface area contributed by atoms with E-state index in [9.17, 15) is 13.6 Å². The highest BCUT2D eigenvalue weighted by Crippen LogP contribution is 2.30. The van der Waals surface area contributed by atoms with E-state index in [1.54, 1.807) is 4.90 Å². The molecule has 3 nitrogen and oxygen atoms in total. The average Bonchev–Trinajstić information content (AvgIpc) is 2.76. The Morgan fingerprint density at radius 1 is 0.833 bits per heavy atom. The maximum absolute atomic E-state index is 14.0. The molecule has 6 heteroatoms. The van der Waals surface area contributed by atoms with Crippen LogP contribution in [0.4, 0.5) is 8.78 Å². The Hall–Kier alpha value is -2.57. The summed E-state index contributed by atoms with van der Waals surface area (Å²) >= 11 is 3.49. The fraction of sp³-hybridized carbons (Fsp3) is 0.208. The first kappa shape index (κ1) is 20.7. The van der Waals surface area contributed by atoms with Crippen LogP contribution in [0.5, 0.6) is 0 Å². The highest BCUT2D eigenvalue weighted by Gasteiger charge is 2.29. The third-order valence-corrected chi connectivity index (χ3v) is 5.96. The van der Waals surface area contributed by atoms with Crippen molar-refractivity contribution in [3.8, 4) is 0 Å². The van der Waals surface area contributed by atoms with Crippen LogP contribution in [-0.2, 0) is 0 Å². The van der Waals surface area contributed by atoms with Gasteiger partial charge in [-0.25, -0.2) is 8.78 Å². The summed E-state index contributed by atoms with van der Waals surface area (Å²) in [6.45, 7) is 2.28. The lowest BCUT2D eigenvalue weighted by atomic mass is 9.96. The molecule has 30 heavy (non-hydrogen) atoms. The molecule has 1 fully saturated rings. The van der Waals surface area contributed by atoms with Crippen LogP contribution in [-0.4, -0.2) is 41.9 Å². The maximum Gasteiger partial charge on any atom is 0.256 e. The number of rotatable bonds is 4. The van der Waals surface area contributed by atoms with E-state index in [-0.39, 0.29) is 11.6 Å². The molecule has 1 amide bonds. The normalized spacial score (nSPS) is 15.8. The smallest absolute Gasteiger partial charge is 0.256 e. The van der Waals surface area contributed by atoms with Crippen LogP contribution in [0, 0.1) is 11.6 Å². The first-order valence-corrected chi connectivity index (χ1v) is 10.6. The Morgan fingerprint density at radius 3 is 2.10 bits per heavy atom. The molecule has 1 aliphatic heterocycles. The predicted molar refractivity (Wildman–Crippen MR) is 116 cm³/mol. The Labute approximate surface area is 183 Å². The van der Waals surface area contributed by atoms with E-state index in [0.717, 1.165) is 16.6 Å². The van der Waals surface area contributed by atoms with Crippen molar-refractivity contribution < 1.29 is 13.6 Å². The summed E-state index contributed by atoms with van der Waals surface area (Å²) in [5.74, 6) is -1.90. The van der Waals surface area contributed by atoms with Crippen molar-refractivity contribution in [1.29, 1.82) is 0 Å². The van der Waals surface area contributed by atoms with Crippen molar-refractivity contribution in [3.05, 3.63) is 106 Å². The third-order valence-electron chi connectivity index (χ3n) is 5.43. The molecule has 0 spiro atoms. The minimum absolute atomic E-state index is 0.0686. The molecule has 0 aliphatic carbocycles. The van der Waals surface area contributed by atoms with Crippen LogP contribution >= 0.6 is 15.9 Å². The number of nitrogens with zero attached hydrogens (tertiary/aromatic N) is 2. The summed E-state index contributed by atoms with van der Waals surface area (Å²) in [7, 11) is 0. The zero-order valence-corrected chi connectivity index (χ0v) is 17.9. The number of carbonyl (C=O) groups excluding carboxylic acids is 1. The number of carbonyl (C=O) groups is 1. The van der Waals surface area contributed by atoms with Crippen molar-refractivity contribution in [1.82, 2.24) is 9.80 Å². The molecule has 1 saturated heterocycles. The standard InChI is InChI=1S/C24H21BrF2N2O/c25-19-8-6-18(7-9-19)23(17-4-2-1-3-5-17)28-12-14-29(15-13-28)24(30)21-11-10-20(26)16-22(21)27/h1-11,16,23H,12-15H2/t23-/m0/s1. The van der Waals surface area contributed by atoms with Gasteiger partial charge in [0.25, 0.3) is 5.91 Å². The quantitative estimate of drug-likeness (QED) is 0.518. The number of piperazine rings is 1. The van der Waals surface area contributed by atoms with E-state index in [1.807, 2.05) is 30.3 Å². The van der Waals surface area contributed by atoms with E-state index >= 15 is 0 Å². The number of hydrogen-bond acceptors (Lipinski definition) is 2. The highest BCUT2D eigenvalue weighted by atomic mass is 79.9. The van der Waals surface area contributed by atoms with E-state index in [2.05, 4.69) is 45.1 Å². The monoisotopic (exact) mass is 470 g/mol. The van der Waals surface area contributed by atoms with Crippen LogP contribution in [0.3, 0.4) is 0 Å². The molecule has 154 valence electrons. The topological polar surface area (TPSA) is 23.6 Å². The molecule has 4 rings (SSSR count). The molecular weight excluding hydrogens is 450 g/mol. The van der Waals surface area contributed by atoms with Gasteiger partial charge in [0.2, 0.25) is 0 Å². The second-order valence-corrected chi connectivity index (χ2v) is 8.23. The lowest BCUT2D eigenvalue weighted by Gasteiger charge is -2.39. The summed E-state index contributed by atoms with van der Waals surface area (Å²) in [6, 6.07) is 21.7. The first-order valence-electron chi connectivity index (χ1n) is 9.82. The Balaban J connectivity index is 1.53. The summed E-state index contributed by atoms with van der Waals surface area (Å²) < 4.78 is 28.2. The molecule has 3 aromatic rings. The van der Waals surface area contributed by atoms with Gasteiger partial charge in [-0.3, -0.25) is 9.69 Å². The molecule has 0 bridgehead atoms. The molecular formula is C24H21BrF2N2O. The average molecular weight is 471 g/mol. The van der Waals surface area contributed by atoms with Crippen molar-refractivity contribution in [2.24, 2.45) is 0 Å². The Morgan fingerprint density at radius 2 is 1.47 bits per heavy atom. The van der Waals surface area contributed by atoms with Crippen LogP contribution in [0.1, 0.15) is 27.5 Å². The Bertz CT molecular complexity index is 1020. The van der Waals surface area contributed by atoms with Crippen molar-refractivity contribution >= 4 is 21.8 Å². The minimum Gasteiger partial charge on any atom is -0.336 e. The highest BCUT2D eigenvalue weighted by molar-refractivity contribution is 9.10. The second kappa shape index (κ2) is 9.06. The van der Waals surface area contributed by atoms with Gasteiger partial charge in [-0.2, -0.15) is 0 Å². The molecule has 0 unspecified atom stereocenters.